The molecule has 0 atom stereocenters. The molecule has 0 saturated carbocycles. The molecular weight excluding hydrogens is 142 g/mol. The summed E-state index contributed by atoms with van der Waals surface area (Å²) in [5, 5.41) is 9.84. The maximum Gasteiger partial charge on any atom is 0.0904 e. The standard InChI is InChI=1S/C8H17NO2/c1-9-5-3-8(10,4-6-9)7-11-2/h10H,3-7H2,1-2H3. The highest BCUT2D eigenvalue weighted by atomic mass is 16.5. The summed E-state index contributed by atoms with van der Waals surface area (Å²) in [5.41, 5.74) is -0.554. The number of methoxy groups -OCH3 is 1. The second-order valence-electron chi connectivity index (χ2n) is 3.46. The Kier molecular flexibility index (Phi) is 2.87. The van der Waals surface area contributed by atoms with E-state index in [1.54, 1.807) is 7.11 Å². The summed E-state index contributed by atoms with van der Waals surface area (Å²) in [5.74, 6) is 0. The van der Waals surface area contributed by atoms with Gasteiger partial charge < -0.3 is 14.7 Å². The Hall–Kier alpha value is -0.120. The zero-order valence-corrected chi connectivity index (χ0v) is 7.34. The molecule has 3 nitrogen and oxygen atoms in total. The van der Waals surface area contributed by atoms with Gasteiger partial charge in [0, 0.05) is 20.2 Å². The molecule has 0 radical (unpaired) electrons. The van der Waals surface area contributed by atoms with Gasteiger partial charge in [-0.3, -0.25) is 0 Å². The van der Waals surface area contributed by atoms with Gasteiger partial charge in [0.05, 0.1) is 12.2 Å². The van der Waals surface area contributed by atoms with Gasteiger partial charge in [0.25, 0.3) is 0 Å². The van der Waals surface area contributed by atoms with Gasteiger partial charge in [-0.1, -0.05) is 0 Å². The molecule has 0 amide bonds. The van der Waals surface area contributed by atoms with Crippen molar-refractivity contribution in [1.82, 2.24) is 4.90 Å². The lowest BCUT2D eigenvalue weighted by Crippen LogP contribution is -2.45. The fourth-order valence-corrected chi connectivity index (χ4v) is 1.45. The first-order valence-electron chi connectivity index (χ1n) is 4.06. The fourth-order valence-electron chi connectivity index (χ4n) is 1.45. The number of ether oxygens (including phenoxy) is 1. The molecule has 1 aliphatic heterocycles. The summed E-state index contributed by atoms with van der Waals surface area (Å²) in [6, 6.07) is 0. The third kappa shape index (κ3) is 2.43. The highest BCUT2D eigenvalue weighted by Gasteiger charge is 2.30. The van der Waals surface area contributed by atoms with E-state index in [9.17, 15) is 5.11 Å². The predicted molar refractivity (Wildman–Crippen MR) is 43.6 cm³/mol. The average molecular weight is 159 g/mol. The molecule has 1 rings (SSSR count). The Labute approximate surface area is 68.0 Å². The predicted octanol–water partition coefficient (Wildman–Crippen LogP) is 0.0895. The molecule has 0 aromatic rings. The van der Waals surface area contributed by atoms with Crippen LogP contribution in [0.2, 0.25) is 0 Å². The van der Waals surface area contributed by atoms with Crippen LogP contribution >= 0.6 is 0 Å². The van der Waals surface area contributed by atoms with Crippen LogP contribution in [0.15, 0.2) is 0 Å². The highest BCUT2D eigenvalue weighted by Crippen LogP contribution is 2.20. The van der Waals surface area contributed by atoms with E-state index in [0.717, 1.165) is 25.9 Å². The van der Waals surface area contributed by atoms with Crippen molar-refractivity contribution in [3.05, 3.63) is 0 Å². The molecule has 0 aromatic carbocycles. The first-order chi connectivity index (χ1) is 5.16. The van der Waals surface area contributed by atoms with Crippen molar-refractivity contribution in [2.24, 2.45) is 0 Å². The topological polar surface area (TPSA) is 32.7 Å². The smallest absolute Gasteiger partial charge is 0.0904 e. The largest absolute Gasteiger partial charge is 0.387 e. The summed E-state index contributed by atoms with van der Waals surface area (Å²) in [4.78, 5) is 2.23. The minimum atomic E-state index is -0.554. The average Bonchev–Trinajstić information content (AvgIpc) is 1.97. The normalized spacial score (nSPS) is 25.4. The zero-order valence-electron chi connectivity index (χ0n) is 7.34. The highest BCUT2D eigenvalue weighted by molar-refractivity contribution is 4.84. The molecule has 0 aliphatic carbocycles. The third-order valence-electron chi connectivity index (χ3n) is 2.33. The van der Waals surface area contributed by atoms with Crippen LogP contribution in [0.4, 0.5) is 0 Å². The maximum atomic E-state index is 9.84. The number of hydrogen-bond acceptors (Lipinski definition) is 3. The van der Waals surface area contributed by atoms with Crippen LogP contribution in [-0.2, 0) is 4.74 Å². The monoisotopic (exact) mass is 159 g/mol. The minimum absolute atomic E-state index is 0.473. The molecule has 1 heterocycles. The Bertz CT molecular complexity index is 119. The fraction of sp³-hybridized carbons (Fsp3) is 1.00. The lowest BCUT2D eigenvalue weighted by Gasteiger charge is -2.35. The van der Waals surface area contributed by atoms with E-state index < -0.39 is 5.60 Å². The molecule has 66 valence electrons. The quantitative estimate of drug-likeness (QED) is 0.620. The SMILES string of the molecule is COCC1(O)CCN(C)CC1. The van der Waals surface area contributed by atoms with Crippen molar-refractivity contribution in [3.8, 4) is 0 Å². The molecular formula is C8H17NO2. The van der Waals surface area contributed by atoms with Crippen molar-refractivity contribution in [1.29, 1.82) is 0 Å². The lowest BCUT2D eigenvalue weighted by molar-refractivity contribution is -0.0674. The van der Waals surface area contributed by atoms with Crippen molar-refractivity contribution in [3.63, 3.8) is 0 Å². The van der Waals surface area contributed by atoms with Gasteiger partial charge in [-0.25, -0.2) is 0 Å². The Balaban J connectivity index is 2.35. The molecule has 1 N–H and O–H groups in total. The van der Waals surface area contributed by atoms with Crippen molar-refractivity contribution in [2.45, 2.75) is 18.4 Å². The van der Waals surface area contributed by atoms with Gasteiger partial charge in [-0.2, -0.15) is 0 Å². The first-order valence-corrected chi connectivity index (χ1v) is 4.06. The van der Waals surface area contributed by atoms with Gasteiger partial charge in [0.2, 0.25) is 0 Å². The van der Waals surface area contributed by atoms with Gasteiger partial charge in [0.1, 0.15) is 0 Å². The number of likely N-dealkylation sites (tertiary alicyclic amines) is 1. The van der Waals surface area contributed by atoms with Gasteiger partial charge in [-0.15, -0.1) is 0 Å². The van der Waals surface area contributed by atoms with Crippen LogP contribution in [0.25, 0.3) is 0 Å². The second kappa shape index (κ2) is 3.52. The molecule has 0 unspecified atom stereocenters. The number of hydrogen-bond donors (Lipinski definition) is 1. The van der Waals surface area contributed by atoms with Gasteiger partial charge in [0.15, 0.2) is 0 Å². The molecule has 3 heteroatoms. The number of aliphatic hydroxyl groups is 1. The van der Waals surface area contributed by atoms with E-state index in [2.05, 4.69) is 11.9 Å². The van der Waals surface area contributed by atoms with Crippen LogP contribution in [0.3, 0.4) is 0 Å². The summed E-state index contributed by atoms with van der Waals surface area (Å²) >= 11 is 0. The van der Waals surface area contributed by atoms with Crippen LogP contribution in [-0.4, -0.2) is 49.5 Å². The van der Waals surface area contributed by atoms with Crippen LogP contribution < -0.4 is 0 Å². The Morgan fingerprint density at radius 1 is 1.45 bits per heavy atom. The van der Waals surface area contributed by atoms with E-state index >= 15 is 0 Å². The molecule has 1 saturated heterocycles. The van der Waals surface area contributed by atoms with Crippen LogP contribution in [0, 0.1) is 0 Å². The van der Waals surface area contributed by atoms with Crippen molar-refractivity contribution < 1.29 is 9.84 Å². The summed E-state index contributed by atoms with van der Waals surface area (Å²) < 4.78 is 4.95. The number of rotatable bonds is 2. The summed E-state index contributed by atoms with van der Waals surface area (Å²) in [7, 11) is 3.71. The van der Waals surface area contributed by atoms with E-state index in [1.807, 2.05) is 0 Å². The molecule has 0 aromatic heterocycles. The molecule has 0 spiro atoms. The Morgan fingerprint density at radius 3 is 2.45 bits per heavy atom. The van der Waals surface area contributed by atoms with Crippen molar-refractivity contribution in [2.75, 3.05) is 33.9 Å². The van der Waals surface area contributed by atoms with Gasteiger partial charge in [-0.05, 0) is 19.9 Å². The minimum Gasteiger partial charge on any atom is -0.387 e. The van der Waals surface area contributed by atoms with E-state index in [4.69, 9.17) is 4.74 Å². The van der Waals surface area contributed by atoms with Crippen LogP contribution in [0.1, 0.15) is 12.8 Å². The van der Waals surface area contributed by atoms with Gasteiger partial charge >= 0.3 is 0 Å². The second-order valence-corrected chi connectivity index (χ2v) is 3.46. The van der Waals surface area contributed by atoms with Crippen molar-refractivity contribution >= 4 is 0 Å². The van der Waals surface area contributed by atoms with E-state index in [1.165, 1.54) is 0 Å². The molecule has 1 fully saturated rings. The summed E-state index contributed by atoms with van der Waals surface area (Å²) in [6.45, 7) is 2.42. The molecule has 1 aliphatic rings. The van der Waals surface area contributed by atoms with Crippen LogP contribution in [0.5, 0.6) is 0 Å². The Morgan fingerprint density at radius 2 is 2.00 bits per heavy atom. The molecule has 0 bridgehead atoms. The third-order valence-corrected chi connectivity index (χ3v) is 2.33. The number of nitrogens with zero attached hydrogens (tertiary/aromatic N) is 1. The molecule has 11 heavy (non-hydrogen) atoms. The van der Waals surface area contributed by atoms with E-state index in [0.29, 0.717) is 6.61 Å². The van der Waals surface area contributed by atoms with E-state index in [-0.39, 0.29) is 0 Å². The number of piperidine rings is 1. The summed E-state index contributed by atoms with van der Waals surface area (Å²) in [6.07, 6.45) is 1.66. The maximum absolute atomic E-state index is 9.84. The first kappa shape index (κ1) is 8.97. The lowest BCUT2D eigenvalue weighted by atomic mass is 9.93. The zero-order chi connectivity index (χ0) is 8.32.